The first-order valence-electron chi connectivity index (χ1n) is 9.04. The molecule has 0 amide bonds. The molecule has 4 aromatic rings. The van der Waals surface area contributed by atoms with E-state index in [0.29, 0.717) is 5.78 Å². The zero-order valence-corrected chi connectivity index (χ0v) is 16.5. The van der Waals surface area contributed by atoms with Gasteiger partial charge in [-0.05, 0) is 48.9 Å². The molecule has 0 saturated heterocycles. The van der Waals surface area contributed by atoms with E-state index in [0.717, 1.165) is 29.2 Å². The number of nitrogens with zero attached hydrogens (tertiary/aromatic N) is 3. The van der Waals surface area contributed by atoms with Crippen LogP contribution in [0.25, 0.3) is 17.0 Å². The van der Waals surface area contributed by atoms with Gasteiger partial charge in [-0.25, -0.2) is 9.97 Å². The lowest BCUT2D eigenvalue weighted by molar-refractivity contribution is 1.10. The SMILES string of the molecule is CCc1cccc(C)c1Nc1c(-c2ccc(SC)cc2)nc2ncccn12. The van der Waals surface area contributed by atoms with Crippen molar-refractivity contribution in [3.05, 3.63) is 72.1 Å². The fourth-order valence-corrected chi connectivity index (χ4v) is 3.69. The van der Waals surface area contributed by atoms with Crippen molar-refractivity contribution in [2.75, 3.05) is 11.6 Å². The van der Waals surface area contributed by atoms with Gasteiger partial charge in [-0.2, -0.15) is 0 Å². The molecular weight excluding hydrogens is 352 g/mol. The summed E-state index contributed by atoms with van der Waals surface area (Å²) >= 11 is 1.74. The average molecular weight is 375 g/mol. The second-order valence-electron chi connectivity index (χ2n) is 6.41. The summed E-state index contributed by atoms with van der Waals surface area (Å²) in [5, 5.41) is 3.67. The predicted octanol–water partition coefficient (Wildman–Crippen LogP) is 5.73. The third-order valence-electron chi connectivity index (χ3n) is 4.75. The van der Waals surface area contributed by atoms with E-state index in [2.05, 4.69) is 72.9 Å². The normalized spacial score (nSPS) is 11.1. The topological polar surface area (TPSA) is 42.2 Å². The number of fused-ring (bicyclic) bond motifs is 1. The zero-order chi connectivity index (χ0) is 18.8. The van der Waals surface area contributed by atoms with Crippen molar-refractivity contribution in [2.45, 2.75) is 25.2 Å². The Labute approximate surface area is 163 Å². The van der Waals surface area contributed by atoms with Gasteiger partial charge in [0.25, 0.3) is 0 Å². The Morgan fingerprint density at radius 1 is 1.07 bits per heavy atom. The first-order valence-corrected chi connectivity index (χ1v) is 10.3. The number of aryl methyl sites for hydroxylation is 2. The van der Waals surface area contributed by atoms with Crippen molar-refractivity contribution < 1.29 is 0 Å². The Balaban J connectivity index is 1.89. The van der Waals surface area contributed by atoms with Gasteiger partial charge >= 0.3 is 0 Å². The monoisotopic (exact) mass is 374 g/mol. The second-order valence-corrected chi connectivity index (χ2v) is 7.29. The third kappa shape index (κ3) is 3.30. The lowest BCUT2D eigenvalue weighted by atomic mass is 10.1. The maximum atomic E-state index is 4.80. The number of rotatable bonds is 5. The van der Waals surface area contributed by atoms with Crippen LogP contribution in [-0.4, -0.2) is 20.6 Å². The molecule has 4 nitrogen and oxygen atoms in total. The zero-order valence-electron chi connectivity index (χ0n) is 15.7. The number of thioether (sulfide) groups is 1. The molecule has 0 aliphatic heterocycles. The van der Waals surface area contributed by atoms with Gasteiger partial charge < -0.3 is 5.32 Å². The molecule has 0 spiro atoms. The van der Waals surface area contributed by atoms with Crippen molar-refractivity contribution in [3.8, 4) is 11.3 Å². The molecule has 136 valence electrons. The van der Waals surface area contributed by atoms with Crippen molar-refractivity contribution >= 4 is 29.0 Å². The summed E-state index contributed by atoms with van der Waals surface area (Å²) in [5.74, 6) is 1.63. The van der Waals surface area contributed by atoms with Crippen LogP contribution in [0.1, 0.15) is 18.1 Å². The van der Waals surface area contributed by atoms with Crippen molar-refractivity contribution in [3.63, 3.8) is 0 Å². The molecule has 2 aromatic heterocycles. The van der Waals surface area contributed by atoms with E-state index in [1.165, 1.54) is 16.0 Å². The van der Waals surface area contributed by atoms with Gasteiger partial charge in [0.2, 0.25) is 5.78 Å². The molecule has 4 rings (SSSR count). The van der Waals surface area contributed by atoms with Crippen molar-refractivity contribution in [1.29, 1.82) is 0 Å². The van der Waals surface area contributed by atoms with Gasteiger partial charge in [0, 0.05) is 28.5 Å². The summed E-state index contributed by atoms with van der Waals surface area (Å²) in [7, 11) is 0. The molecule has 0 atom stereocenters. The number of hydrogen-bond donors (Lipinski definition) is 1. The highest BCUT2D eigenvalue weighted by Crippen LogP contribution is 2.33. The van der Waals surface area contributed by atoms with Gasteiger partial charge in [-0.1, -0.05) is 37.3 Å². The van der Waals surface area contributed by atoms with E-state index in [9.17, 15) is 0 Å². The smallest absolute Gasteiger partial charge is 0.235 e. The molecule has 0 radical (unpaired) electrons. The molecule has 0 unspecified atom stereocenters. The number of para-hydroxylation sites is 1. The molecular formula is C22H22N4S. The number of anilines is 2. The van der Waals surface area contributed by atoms with Gasteiger partial charge in [-0.15, -0.1) is 11.8 Å². The van der Waals surface area contributed by atoms with E-state index in [1.54, 1.807) is 18.0 Å². The van der Waals surface area contributed by atoms with Crippen molar-refractivity contribution in [1.82, 2.24) is 14.4 Å². The molecule has 0 fully saturated rings. The van der Waals surface area contributed by atoms with E-state index in [4.69, 9.17) is 4.98 Å². The minimum absolute atomic E-state index is 0.690. The third-order valence-corrected chi connectivity index (χ3v) is 5.49. The molecule has 0 saturated carbocycles. The maximum absolute atomic E-state index is 4.80. The summed E-state index contributed by atoms with van der Waals surface area (Å²) in [6, 6.07) is 16.9. The number of hydrogen-bond acceptors (Lipinski definition) is 4. The van der Waals surface area contributed by atoms with E-state index >= 15 is 0 Å². The van der Waals surface area contributed by atoms with Crippen LogP contribution in [0.4, 0.5) is 11.5 Å². The molecule has 2 heterocycles. The highest BCUT2D eigenvalue weighted by Gasteiger charge is 2.16. The van der Waals surface area contributed by atoms with Crippen LogP contribution in [-0.2, 0) is 6.42 Å². The van der Waals surface area contributed by atoms with Crippen LogP contribution in [0, 0.1) is 6.92 Å². The van der Waals surface area contributed by atoms with Crippen LogP contribution in [0.15, 0.2) is 65.8 Å². The van der Waals surface area contributed by atoms with Crippen LogP contribution in [0.3, 0.4) is 0 Å². The van der Waals surface area contributed by atoms with E-state index < -0.39 is 0 Å². The molecule has 0 aliphatic rings. The van der Waals surface area contributed by atoms with Crippen molar-refractivity contribution in [2.24, 2.45) is 0 Å². The largest absolute Gasteiger partial charge is 0.339 e. The second kappa shape index (κ2) is 7.45. The van der Waals surface area contributed by atoms with Crippen LogP contribution in [0.2, 0.25) is 0 Å². The average Bonchev–Trinajstić information content (AvgIpc) is 3.08. The van der Waals surface area contributed by atoms with Crippen LogP contribution in [0.5, 0.6) is 0 Å². The minimum atomic E-state index is 0.690. The lowest BCUT2D eigenvalue weighted by Crippen LogP contribution is -2.02. The summed E-state index contributed by atoms with van der Waals surface area (Å²) in [6.07, 6.45) is 6.83. The molecule has 1 N–H and O–H groups in total. The summed E-state index contributed by atoms with van der Waals surface area (Å²) in [5.41, 5.74) is 5.64. The Morgan fingerprint density at radius 3 is 2.63 bits per heavy atom. The first-order chi connectivity index (χ1) is 13.2. The van der Waals surface area contributed by atoms with E-state index in [-0.39, 0.29) is 0 Å². The number of aromatic nitrogens is 3. The number of nitrogens with one attached hydrogen (secondary N) is 1. The molecule has 27 heavy (non-hydrogen) atoms. The molecule has 2 aromatic carbocycles. The number of imidazole rings is 1. The predicted molar refractivity (Wildman–Crippen MR) is 114 cm³/mol. The lowest BCUT2D eigenvalue weighted by Gasteiger charge is -2.15. The fourth-order valence-electron chi connectivity index (χ4n) is 3.28. The summed E-state index contributed by atoms with van der Waals surface area (Å²) in [6.45, 7) is 4.31. The highest BCUT2D eigenvalue weighted by atomic mass is 32.2. The molecule has 0 bridgehead atoms. The Bertz CT molecular complexity index is 1080. The van der Waals surface area contributed by atoms with E-state index in [1.807, 2.05) is 16.7 Å². The Hall–Kier alpha value is -2.79. The van der Waals surface area contributed by atoms with Gasteiger partial charge in [-0.3, -0.25) is 4.40 Å². The minimum Gasteiger partial charge on any atom is -0.339 e. The molecule has 0 aliphatic carbocycles. The van der Waals surface area contributed by atoms with Gasteiger partial charge in [0.15, 0.2) is 0 Å². The van der Waals surface area contributed by atoms with Gasteiger partial charge in [0.05, 0.1) is 0 Å². The number of benzene rings is 2. The van der Waals surface area contributed by atoms with Gasteiger partial charge in [0.1, 0.15) is 11.5 Å². The molecule has 5 heteroatoms. The quantitative estimate of drug-likeness (QED) is 0.453. The highest BCUT2D eigenvalue weighted by molar-refractivity contribution is 7.98. The van der Waals surface area contributed by atoms with Crippen LogP contribution < -0.4 is 5.32 Å². The Morgan fingerprint density at radius 2 is 1.89 bits per heavy atom. The standard InChI is InChI=1S/C22H22N4S/c1-4-16-8-5-7-15(2)19(16)24-21-20(17-9-11-18(27-3)12-10-17)25-22-23-13-6-14-26(21)22/h5-14,24H,4H2,1-3H3. The first kappa shape index (κ1) is 17.6. The maximum Gasteiger partial charge on any atom is 0.235 e. The Kier molecular flexibility index (Phi) is 4.86. The van der Waals surface area contributed by atoms with Crippen LogP contribution >= 0.6 is 11.8 Å². The fraction of sp³-hybridized carbons (Fsp3) is 0.182. The summed E-state index contributed by atoms with van der Waals surface area (Å²) < 4.78 is 2.02. The summed E-state index contributed by atoms with van der Waals surface area (Å²) in [4.78, 5) is 10.5.